The Balaban J connectivity index is 2.99. The molecular formula is C10H11IOS. The number of hydrogen-bond acceptors (Lipinski definition) is 2. The van der Waals surface area contributed by atoms with Gasteiger partial charge in [0.1, 0.15) is 5.78 Å². The molecule has 1 rings (SSSR count). The van der Waals surface area contributed by atoms with Crippen molar-refractivity contribution in [3.8, 4) is 0 Å². The molecule has 0 fully saturated rings. The lowest BCUT2D eigenvalue weighted by molar-refractivity contribution is -0.116. The van der Waals surface area contributed by atoms with Crippen molar-refractivity contribution < 1.29 is 4.79 Å². The molecule has 1 aromatic carbocycles. The molecule has 0 unspecified atom stereocenters. The fourth-order valence-corrected chi connectivity index (χ4v) is 2.48. The maximum atomic E-state index is 11.0. The molecule has 0 bridgehead atoms. The second kappa shape index (κ2) is 5.00. The first-order chi connectivity index (χ1) is 6.13. The second-order valence-corrected chi connectivity index (χ2v) is 4.93. The van der Waals surface area contributed by atoms with Crippen molar-refractivity contribution in [1.82, 2.24) is 0 Å². The fraction of sp³-hybridized carbons (Fsp3) is 0.300. The average Bonchev–Trinajstić information content (AvgIpc) is 2.07. The van der Waals surface area contributed by atoms with Gasteiger partial charge in [-0.2, -0.15) is 0 Å². The number of halogens is 1. The number of carbonyl (C=O) groups excluding carboxylic acids is 1. The van der Waals surface area contributed by atoms with Crippen LogP contribution in [-0.2, 0) is 11.2 Å². The predicted molar refractivity (Wildman–Crippen MR) is 65.3 cm³/mol. The van der Waals surface area contributed by atoms with Crippen LogP contribution in [0.1, 0.15) is 12.5 Å². The summed E-state index contributed by atoms with van der Waals surface area (Å²) in [5.74, 6) is 0.219. The average molecular weight is 306 g/mol. The topological polar surface area (TPSA) is 17.1 Å². The first-order valence-electron chi connectivity index (χ1n) is 3.95. The highest BCUT2D eigenvalue weighted by molar-refractivity contribution is 14.1. The van der Waals surface area contributed by atoms with Crippen molar-refractivity contribution in [3.05, 3.63) is 27.3 Å². The van der Waals surface area contributed by atoms with E-state index in [4.69, 9.17) is 0 Å². The van der Waals surface area contributed by atoms with Crippen molar-refractivity contribution in [2.75, 3.05) is 6.26 Å². The Morgan fingerprint density at radius 3 is 2.77 bits per heavy atom. The molecule has 0 N–H and O–H groups in total. The van der Waals surface area contributed by atoms with E-state index in [0.717, 1.165) is 5.56 Å². The minimum Gasteiger partial charge on any atom is -0.300 e. The van der Waals surface area contributed by atoms with E-state index in [1.165, 1.54) is 8.47 Å². The van der Waals surface area contributed by atoms with Gasteiger partial charge in [-0.15, -0.1) is 11.8 Å². The van der Waals surface area contributed by atoms with Crippen molar-refractivity contribution in [2.45, 2.75) is 18.2 Å². The highest BCUT2D eigenvalue weighted by Gasteiger charge is 2.04. The first-order valence-corrected chi connectivity index (χ1v) is 6.25. The van der Waals surface area contributed by atoms with E-state index in [9.17, 15) is 4.79 Å². The summed E-state index contributed by atoms with van der Waals surface area (Å²) in [7, 11) is 0. The number of Topliss-reactive ketones (excluding diaryl/α,β-unsaturated/α-hetero) is 1. The van der Waals surface area contributed by atoms with Crippen LogP contribution in [0, 0.1) is 3.57 Å². The fourth-order valence-electron chi connectivity index (χ4n) is 1.13. The molecule has 0 aliphatic carbocycles. The summed E-state index contributed by atoms with van der Waals surface area (Å²) in [5.41, 5.74) is 1.14. The molecule has 0 aliphatic heterocycles. The van der Waals surface area contributed by atoms with Crippen LogP contribution in [0.4, 0.5) is 0 Å². The van der Waals surface area contributed by atoms with Crippen LogP contribution < -0.4 is 0 Å². The monoisotopic (exact) mass is 306 g/mol. The highest BCUT2D eigenvalue weighted by atomic mass is 127. The summed E-state index contributed by atoms with van der Waals surface area (Å²) >= 11 is 3.98. The van der Waals surface area contributed by atoms with Crippen LogP contribution in [-0.4, -0.2) is 12.0 Å². The number of thioether (sulfide) groups is 1. The van der Waals surface area contributed by atoms with E-state index in [-0.39, 0.29) is 5.78 Å². The molecule has 0 saturated carbocycles. The summed E-state index contributed by atoms with van der Waals surface area (Å²) < 4.78 is 1.22. The van der Waals surface area contributed by atoms with Gasteiger partial charge in [-0.25, -0.2) is 0 Å². The van der Waals surface area contributed by atoms with Gasteiger partial charge in [0, 0.05) is 14.9 Å². The third kappa shape index (κ3) is 3.31. The van der Waals surface area contributed by atoms with Crippen molar-refractivity contribution in [3.63, 3.8) is 0 Å². The van der Waals surface area contributed by atoms with Gasteiger partial charge in [0.2, 0.25) is 0 Å². The van der Waals surface area contributed by atoms with Crippen LogP contribution in [0.25, 0.3) is 0 Å². The van der Waals surface area contributed by atoms with Gasteiger partial charge in [0.15, 0.2) is 0 Å². The third-order valence-electron chi connectivity index (χ3n) is 1.69. The lowest BCUT2D eigenvalue weighted by atomic mass is 10.1. The molecule has 0 radical (unpaired) electrons. The summed E-state index contributed by atoms with van der Waals surface area (Å²) in [4.78, 5) is 12.2. The normalized spacial score (nSPS) is 10.1. The Morgan fingerprint density at radius 1 is 1.54 bits per heavy atom. The highest BCUT2D eigenvalue weighted by Crippen LogP contribution is 2.23. The Labute approximate surface area is 96.4 Å². The molecule has 1 nitrogen and oxygen atoms in total. The Bertz CT molecular complexity index is 323. The SMILES string of the molecule is CSc1cc(I)ccc1CC(C)=O. The molecule has 0 heterocycles. The Kier molecular flexibility index (Phi) is 4.25. The molecule has 0 amide bonds. The summed E-state index contributed by atoms with van der Waals surface area (Å²) in [6, 6.07) is 6.19. The summed E-state index contributed by atoms with van der Waals surface area (Å²) in [6.07, 6.45) is 2.59. The van der Waals surface area contributed by atoms with E-state index in [0.29, 0.717) is 6.42 Å². The van der Waals surface area contributed by atoms with Gasteiger partial charge in [-0.05, 0) is 53.5 Å². The number of rotatable bonds is 3. The van der Waals surface area contributed by atoms with Crippen LogP contribution in [0.2, 0.25) is 0 Å². The molecule has 13 heavy (non-hydrogen) atoms. The number of hydrogen-bond donors (Lipinski definition) is 0. The van der Waals surface area contributed by atoms with E-state index < -0.39 is 0 Å². The third-order valence-corrected chi connectivity index (χ3v) is 3.18. The minimum absolute atomic E-state index is 0.219. The summed E-state index contributed by atoms with van der Waals surface area (Å²) in [5, 5.41) is 0. The molecule has 0 aliphatic rings. The van der Waals surface area contributed by atoms with Crippen molar-refractivity contribution in [2.24, 2.45) is 0 Å². The molecule has 0 saturated heterocycles. The zero-order valence-electron chi connectivity index (χ0n) is 7.63. The van der Waals surface area contributed by atoms with E-state index >= 15 is 0 Å². The van der Waals surface area contributed by atoms with E-state index in [1.54, 1.807) is 18.7 Å². The molecular weight excluding hydrogens is 295 g/mol. The van der Waals surface area contributed by atoms with Gasteiger partial charge in [-0.1, -0.05) is 6.07 Å². The molecule has 3 heteroatoms. The Morgan fingerprint density at radius 2 is 2.23 bits per heavy atom. The van der Waals surface area contributed by atoms with E-state index in [2.05, 4.69) is 28.7 Å². The number of carbonyl (C=O) groups is 1. The van der Waals surface area contributed by atoms with Crippen LogP contribution >= 0.6 is 34.4 Å². The van der Waals surface area contributed by atoms with Gasteiger partial charge < -0.3 is 0 Å². The van der Waals surface area contributed by atoms with Gasteiger partial charge in [-0.3, -0.25) is 4.79 Å². The lowest BCUT2D eigenvalue weighted by Crippen LogP contribution is -1.98. The maximum Gasteiger partial charge on any atom is 0.134 e. The zero-order valence-corrected chi connectivity index (χ0v) is 10.6. The Hall–Kier alpha value is -0.0300. The molecule has 0 spiro atoms. The second-order valence-electron chi connectivity index (χ2n) is 2.83. The van der Waals surface area contributed by atoms with Crippen molar-refractivity contribution in [1.29, 1.82) is 0 Å². The first kappa shape index (κ1) is 11.0. The van der Waals surface area contributed by atoms with Crippen LogP contribution in [0.15, 0.2) is 23.1 Å². The lowest BCUT2D eigenvalue weighted by Gasteiger charge is -2.05. The largest absolute Gasteiger partial charge is 0.300 e. The number of ketones is 1. The quantitative estimate of drug-likeness (QED) is 0.630. The smallest absolute Gasteiger partial charge is 0.134 e. The zero-order chi connectivity index (χ0) is 9.84. The van der Waals surface area contributed by atoms with Crippen LogP contribution in [0.5, 0.6) is 0 Å². The predicted octanol–water partition coefficient (Wildman–Crippen LogP) is 3.14. The van der Waals surface area contributed by atoms with E-state index in [1.807, 2.05) is 18.4 Å². The maximum absolute atomic E-state index is 11.0. The standard InChI is InChI=1S/C10H11IOS/c1-7(12)5-8-3-4-9(11)6-10(8)13-2/h3-4,6H,5H2,1-2H3. The van der Waals surface area contributed by atoms with Crippen molar-refractivity contribution >= 4 is 40.1 Å². The molecule has 0 aromatic heterocycles. The van der Waals surface area contributed by atoms with Gasteiger partial charge in [0.25, 0.3) is 0 Å². The molecule has 1 aromatic rings. The molecule has 70 valence electrons. The van der Waals surface area contributed by atoms with Crippen LogP contribution in [0.3, 0.4) is 0 Å². The van der Waals surface area contributed by atoms with Gasteiger partial charge in [0.05, 0.1) is 0 Å². The minimum atomic E-state index is 0.219. The van der Waals surface area contributed by atoms with Gasteiger partial charge >= 0.3 is 0 Å². The summed E-state index contributed by atoms with van der Waals surface area (Å²) in [6.45, 7) is 1.63. The molecule has 0 atom stereocenters. The number of benzene rings is 1.